The number of carbonyl (C=O) groups is 2. The monoisotopic (exact) mass is 844 g/mol. The van der Waals surface area contributed by atoms with Crippen LogP contribution in [0.25, 0.3) is 10.1 Å². The van der Waals surface area contributed by atoms with Gasteiger partial charge in [0.15, 0.2) is 34.5 Å². The second-order valence-corrected chi connectivity index (χ2v) is 17.3. The van der Waals surface area contributed by atoms with Gasteiger partial charge >= 0.3 is 7.60 Å². The van der Waals surface area contributed by atoms with Crippen molar-refractivity contribution in [3.05, 3.63) is 95.3 Å². The summed E-state index contributed by atoms with van der Waals surface area (Å²) in [6.45, 7) is 2.97. The lowest BCUT2D eigenvalue weighted by atomic mass is 10.2. The SMILES string of the molecule is CC(COc1cc2cc(S(=O)(=O)NCP(=O)(O)Oc3ccc(C#N)c(F)c3)sc2cc1OCC(C)NC(=O)c1ccc(O)c(O)c1)NC(=O)c1ccc(O)c(O)c1. The average molecular weight is 845 g/mol. The van der Waals surface area contributed by atoms with Gasteiger partial charge in [-0.2, -0.15) is 9.98 Å². The lowest BCUT2D eigenvalue weighted by Gasteiger charge is -2.19. The number of nitrogens with zero attached hydrogens (tertiary/aromatic N) is 1. The second kappa shape index (κ2) is 17.4. The Morgan fingerprint density at radius 3 is 1.88 bits per heavy atom. The number of ether oxygens (including phenoxy) is 2. The first-order valence-electron chi connectivity index (χ1n) is 16.5. The standard InChI is InChI=1S/C36H34FN4O13PS2/c1-19(40-35(46)21-4-7-27(42)29(44)9-21)16-52-31-11-24-12-34(57(50,51)39-18-55(48,49)54-25-6-3-23(15-38)26(37)13-25)56-33(24)14-32(31)53-17-20(2)41-36(47)22-5-8-28(43)30(45)10-22/h3-14,19-20,39,42-45H,16-18H2,1-2H3,(H,40,46)(H,41,47)(H,48,49). The zero-order valence-corrected chi connectivity index (χ0v) is 32.3. The molecule has 0 spiro atoms. The fraction of sp³-hybridized carbons (Fsp3) is 0.194. The van der Waals surface area contributed by atoms with Crippen molar-refractivity contribution >= 4 is 50.9 Å². The van der Waals surface area contributed by atoms with Crippen molar-refractivity contribution in [1.29, 1.82) is 5.26 Å². The van der Waals surface area contributed by atoms with Gasteiger partial charge in [-0.1, -0.05) is 0 Å². The van der Waals surface area contributed by atoms with E-state index in [4.69, 9.17) is 19.3 Å². The highest BCUT2D eigenvalue weighted by atomic mass is 32.2. The summed E-state index contributed by atoms with van der Waals surface area (Å²) in [4.78, 5) is 35.8. The van der Waals surface area contributed by atoms with Crippen LogP contribution in [-0.2, 0) is 14.6 Å². The molecular formula is C36H34FN4O13PS2. The maximum atomic E-state index is 14.0. The Morgan fingerprint density at radius 1 is 0.825 bits per heavy atom. The normalized spacial score (nSPS) is 13.5. The number of fused-ring (bicyclic) bond motifs is 1. The van der Waals surface area contributed by atoms with E-state index in [1.54, 1.807) is 19.9 Å². The van der Waals surface area contributed by atoms with E-state index in [0.29, 0.717) is 16.2 Å². The van der Waals surface area contributed by atoms with Crippen molar-refractivity contribution in [3.63, 3.8) is 0 Å². The Morgan fingerprint density at radius 2 is 1.37 bits per heavy atom. The third-order valence-corrected chi connectivity index (χ3v) is 12.0. The van der Waals surface area contributed by atoms with E-state index < -0.39 is 82.4 Å². The van der Waals surface area contributed by atoms with Crippen LogP contribution in [0, 0.1) is 17.1 Å². The van der Waals surface area contributed by atoms with Gasteiger partial charge in [0, 0.05) is 28.0 Å². The molecule has 0 aliphatic carbocycles. The van der Waals surface area contributed by atoms with Gasteiger partial charge in [0.2, 0.25) is 0 Å². The number of halogens is 1. The smallest absolute Gasteiger partial charge is 0.391 e. The Bertz CT molecular complexity index is 2430. The lowest BCUT2D eigenvalue weighted by molar-refractivity contribution is 0.0913. The van der Waals surface area contributed by atoms with Crippen LogP contribution in [0.2, 0.25) is 0 Å². The minimum atomic E-state index is -4.71. The molecule has 8 N–H and O–H groups in total. The Labute approximate surface area is 328 Å². The molecule has 1 heterocycles. The molecule has 1 aromatic heterocycles. The quantitative estimate of drug-likeness (QED) is 0.0497. The van der Waals surface area contributed by atoms with Crippen LogP contribution in [0.1, 0.15) is 40.1 Å². The summed E-state index contributed by atoms with van der Waals surface area (Å²) in [5.41, 5.74) is -0.200. The van der Waals surface area contributed by atoms with Gasteiger partial charge in [-0.15, -0.1) is 11.3 Å². The van der Waals surface area contributed by atoms with Crippen LogP contribution < -0.4 is 29.4 Å². The Kier molecular flexibility index (Phi) is 12.8. The van der Waals surface area contributed by atoms with E-state index in [1.807, 2.05) is 4.72 Å². The van der Waals surface area contributed by atoms with Crippen LogP contribution in [0.15, 0.2) is 77.0 Å². The number of benzene rings is 4. The minimum absolute atomic E-state index is 0.0639. The van der Waals surface area contributed by atoms with Gasteiger partial charge < -0.3 is 50.0 Å². The number of phenols is 4. The molecule has 0 saturated heterocycles. The number of phenolic OH excluding ortho intramolecular Hbond substituents is 4. The second-order valence-electron chi connectivity index (χ2n) is 12.5. The molecule has 21 heteroatoms. The molecule has 5 aromatic rings. The molecule has 0 radical (unpaired) electrons. The summed E-state index contributed by atoms with van der Waals surface area (Å²) in [6, 6.07) is 14.5. The summed E-state index contributed by atoms with van der Waals surface area (Å²) in [5, 5.41) is 53.2. The van der Waals surface area contributed by atoms with Crippen LogP contribution in [0.3, 0.4) is 0 Å². The highest BCUT2D eigenvalue weighted by Crippen LogP contribution is 2.43. The highest BCUT2D eigenvalue weighted by molar-refractivity contribution is 7.92. The molecule has 300 valence electrons. The first-order chi connectivity index (χ1) is 26.8. The largest absolute Gasteiger partial charge is 0.504 e. The molecule has 0 fully saturated rings. The highest BCUT2D eigenvalue weighted by Gasteiger charge is 2.28. The van der Waals surface area contributed by atoms with Gasteiger partial charge in [-0.3, -0.25) is 9.59 Å². The number of nitrogens with one attached hydrogen (secondary N) is 3. The topological polar surface area (TPSA) is 274 Å². The zero-order chi connectivity index (χ0) is 41.7. The van der Waals surface area contributed by atoms with Gasteiger partial charge in [0.1, 0.15) is 41.3 Å². The van der Waals surface area contributed by atoms with E-state index in [-0.39, 0.29) is 45.6 Å². The van der Waals surface area contributed by atoms with E-state index in [0.717, 1.165) is 47.7 Å². The Balaban J connectivity index is 1.33. The summed E-state index contributed by atoms with van der Waals surface area (Å²) in [5.74, 6) is -4.14. The molecule has 3 atom stereocenters. The number of hydrogen-bond donors (Lipinski definition) is 8. The number of nitriles is 1. The van der Waals surface area contributed by atoms with Crippen molar-refractivity contribution in [2.45, 2.75) is 30.1 Å². The van der Waals surface area contributed by atoms with Crippen molar-refractivity contribution in [1.82, 2.24) is 15.4 Å². The van der Waals surface area contributed by atoms with Gasteiger partial charge in [0.25, 0.3) is 21.8 Å². The molecule has 17 nitrogen and oxygen atoms in total. The van der Waals surface area contributed by atoms with Crippen molar-refractivity contribution in [2.75, 3.05) is 19.5 Å². The molecule has 4 aromatic carbocycles. The lowest BCUT2D eigenvalue weighted by Crippen LogP contribution is -2.37. The number of carbonyl (C=O) groups excluding carboxylic acids is 2. The predicted molar refractivity (Wildman–Crippen MR) is 203 cm³/mol. The van der Waals surface area contributed by atoms with E-state index in [9.17, 15) is 52.3 Å². The fourth-order valence-electron chi connectivity index (χ4n) is 4.92. The average Bonchev–Trinajstić information content (AvgIpc) is 3.58. The third-order valence-electron chi connectivity index (χ3n) is 7.80. The molecule has 0 saturated carbocycles. The van der Waals surface area contributed by atoms with E-state index >= 15 is 0 Å². The number of aromatic hydroxyl groups is 4. The van der Waals surface area contributed by atoms with E-state index in [2.05, 4.69) is 10.6 Å². The summed E-state index contributed by atoms with van der Waals surface area (Å²) in [6.07, 6.45) is -1.09. The van der Waals surface area contributed by atoms with Gasteiger partial charge in [-0.25, -0.2) is 17.4 Å². The molecule has 2 amide bonds. The molecule has 5 rings (SSSR count). The molecular weight excluding hydrogens is 811 g/mol. The number of rotatable bonds is 16. The molecule has 0 bridgehead atoms. The van der Waals surface area contributed by atoms with E-state index in [1.165, 1.54) is 30.3 Å². The Hall–Kier alpha value is -6.10. The first-order valence-corrected chi connectivity index (χ1v) is 20.6. The van der Waals surface area contributed by atoms with Crippen LogP contribution in [0.5, 0.6) is 40.2 Å². The maximum Gasteiger partial charge on any atom is 0.391 e. The van der Waals surface area contributed by atoms with Crippen LogP contribution >= 0.6 is 18.9 Å². The summed E-state index contributed by atoms with van der Waals surface area (Å²) >= 11 is 0.777. The maximum absolute atomic E-state index is 14.0. The predicted octanol–water partition coefficient (Wildman–Crippen LogP) is 4.63. The van der Waals surface area contributed by atoms with Gasteiger partial charge in [0.05, 0.1) is 17.6 Å². The third kappa shape index (κ3) is 10.8. The van der Waals surface area contributed by atoms with Crippen LogP contribution in [0.4, 0.5) is 4.39 Å². The van der Waals surface area contributed by atoms with Crippen molar-refractivity contribution < 1.29 is 66.3 Å². The molecule has 0 aliphatic heterocycles. The van der Waals surface area contributed by atoms with Crippen LogP contribution in [-0.4, -0.2) is 77.1 Å². The molecule has 3 unspecified atom stereocenters. The fourth-order valence-corrected chi connectivity index (χ4v) is 8.87. The molecule has 0 aliphatic rings. The minimum Gasteiger partial charge on any atom is -0.504 e. The van der Waals surface area contributed by atoms with Crippen molar-refractivity contribution in [3.8, 4) is 46.3 Å². The number of sulfonamides is 1. The number of thiophene rings is 1. The van der Waals surface area contributed by atoms with Gasteiger partial charge in [-0.05, 0) is 79.9 Å². The summed E-state index contributed by atoms with van der Waals surface area (Å²) < 4.78 is 72.2. The summed E-state index contributed by atoms with van der Waals surface area (Å²) in [7, 11) is -9.15. The zero-order valence-electron chi connectivity index (χ0n) is 29.8. The number of hydrogen-bond acceptors (Lipinski definition) is 14. The first kappa shape index (κ1) is 42.1. The van der Waals surface area contributed by atoms with Crippen molar-refractivity contribution in [2.24, 2.45) is 0 Å². The molecule has 57 heavy (non-hydrogen) atoms. The number of amides is 2.